The minimum absolute atomic E-state index is 0.0198. The van der Waals surface area contributed by atoms with Crippen molar-refractivity contribution in [3.8, 4) is 5.75 Å². The highest BCUT2D eigenvalue weighted by Gasteiger charge is 2.11. The van der Waals surface area contributed by atoms with E-state index in [1.807, 2.05) is 31.2 Å². The van der Waals surface area contributed by atoms with Gasteiger partial charge in [-0.1, -0.05) is 47.1 Å². The number of aromatic nitrogens is 2. The van der Waals surface area contributed by atoms with E-state index in [1.54, 1.807) is 36.5 Å². The van der Waals surface area contributed by atoms with Crippen LogP contribution >= 0.6 is 15.9 Å². The van der Waals surface area contributed by atoms with Crippen LogP contribution in [0.25, 0.3) is 10.9 Å². The second-order valence-corrected chi connectivity index (χ2v) is 8.50. The Morgan fingerprint density at radius 2 is 1.97 bits per heavy atom. The first kappa shape index (κ1) is 23.3. The van der Waals surface area contributed by atoms with Gasteiger partial charge in [-0.3, -0.25) is 14.9 Å². The van der Waals surface area contributed by atoms with E-state index in [2.05, 4.69) is 26.0 Å². The molecule has 0 bridgehead atoms. The first-order valence-electron chi connectivity index (χ1n) is 10.7. The first-order chi connectivity index (χ1) is 16.4. The summed E-state index contributed by atoms with van der Waals surface area (Å²) in [6, 6.07) is 19.0. The molecular weight excluding hydrogens is 500 g/mol. The number of halogens is 1. The van der Waals surface area contributed by atoms with Crippen LogP contribution in [0, 0.1) is 10.1 Å². The molecule has 0 aliphatic heterocycles. The van der Waals surface area contributed by atoms with Gasteiger partial charge < -0.3 is 4.74 Å². The van der Waals surface area contributed by atoms with Crippen LogP contribution in [-0.4, -0.2) is 20.8 Å². The van der Waals surface area contributed by atoms with Gasteiger partial charge in [-0.25, -0.2) is 4.98 Å². The fourth-order valence-electron chi connectivity index (χ4n) is 3.43. The summed E-state index contributed by atoms with van der Waals surface area (Å²) < 4.78 is 7.95. The van der Waals surface area contributed by atoms with Gasteiger partial charge in [0.1, 0.15) is 18.2 Å². The Morgan fingerprint density at radius 3 is 2.76 bits per heavy atom. The third-order valence-corrected chi connectivity index (χ3v) is 5.55. The third kappa shape index (κ3) is 5.37. The number of ether oxygens (including phenoxy) is 1. The van der Waals surface area contributed by atoms with Crippen molar-refractivity contribution in [2.75, 3.05) is 0 Å². The number of non-ortho nitro benzene ring substituents is 1. The Bertz CT molecular complexity index is 1450. The predicted molar refractivity (Wildman–Crippen MR) is 135 cm³/mol. The van der Waals surface area contributed by atoms with Gasteiger partial charge in [0.05, 0.1) is 22.0 Å². The van der Waals surface area contributed by atoms with Gasteiger partial charge in [-0.15, -0.1) is 0 Å². The van der Waals surface area contributed by atoms with E-state index in [0.29, 0.717) is 34.5 Å². The molecule has 34 heavy (non-hydrogen) atoms. The van der Waals surface area contributed by atoms with E-state index in [4.69, 9.17) is 4.74 Å². The van der Waals surface area contributed by atoms with E-state index in [-0.39, 0.29) is 17.9 Å². The SMILES string of the molecule is CCCc1nc2ccc(Br)cc2c(=O)n1N=Cc1cccc(OCc2cccc([N+](=O)[O-])c2)c1. The summed E-state index contributed by atoms with van der Waals surface area (Å²) in [5, 5.41) is 15.9. The zero-order valence-electron chi connectivity index (χ0n) is 18.3. The van der Waals surface area contributed by atoms with Crippen molar-refractivity contribution in [2.45, 2.75) is 26.4 Å². The van der Waals surface area contributed by atoms with Crippen LogP contribution in [-0.2, 0) is 13.0 Å². The summed E-state index contributed by atoms with van der Waals surface area (Å²) in [5.41, 5.74) is 1.85. The molecule has 0 fully saturated rings. The number of hydrogen-bond donors (Lipinski definition) is 0. The highest BCUT2D eigenvalue weighted by molar-refractivity contribution is 9.10. The fraction of sp³-hybridized carbons (Fsp3) is 0.160. The van der Waals surface area contributed by atoms with Crippen LogP contribution in [0.5, 0.6) is 5.75 Å². The van der Waals surface area contributed by atoms with E-state index in [0.717, 1.165) is 16.5 Å². The highest BCUT2D eigenvalue weighted by atomic mass is 79.9. The summed E-state index contributed by atoms with van der Waals surface area (Å²) in [6.45, 7) is 2.21. The predicted octanol–water partition coefficient (Wildman–Crippen LogP) is 5.48. The number of benzene rings is 3. The summed E-state index contributed by atoms with van der Waals surface area (Å²) in [7, 11) is 0. The van der Waals surface area contributed by atoms with Crippen molar-refractivity contribution in [1.29, 1.82) is 0 Å². The second kappa shape index (κ2) is 10.4. The molecule has 8 nitrogen and oxygen atoms in total. The Kier molecular flexibility index (Phi) is 7.12. The minimum Gasteiger partial charge on any atom is -0.489 e. The lowest BCUT2D eigenvalue weighted by molar-refractivity contribution is -0.384. The van der Waals surface area contributed by atoms with Crippen molar-refractivity contribution in [3.05, 3.63) is 109 Å². The van der Waals surface area contributed by atoms with Crippen molar-refractivity contribution < 1.29 is 9.66 Å². The lowest BCUT2D eigenvalue weighted by atomic mass is 10.2. The Morgan fingerprint density at radius 1 is 1.15 bits per heavy atom. The number of nitrogens with zero attached hydrogens (tertiary/aromatic N) is 4. The molecule has 9 heteroatoms. The van der Waals surface area contributed by atoms with E-state index >= 15 is 0 Å². The van der Waals surface area contributed by atoms with Gasteiger partial charge in [-0.2, -0.15) is 9.78 Å². The summed E-state index contributed by atoms with van der Waals surface area (Å²) in [6.07, 6.45) is 3.03. The second-order valence-electron chi connectivity index (χ2n) is 7.59. The maximum Gasteiger partial charge on any atom is 0.282 e. The number of aryl methyl sites for hydroxylation is 1. The van der Waals surface area contributed by atoms with Gasteiger partial charge in [-0.05, 0) is 47.9 Å². The molecule has 4 rings (SSSR count). The molecule has 1 aromatic heterocycles. The molecule has 172 valence electrons. The maximum atomic E-state index is 13.1. The molecule has 0 amide bonds. The Labute approximate surface area is 203 Å². The number of fused-ring (bicyclic) bond motifs is 1. The molecule has 0 atom stereocenters. The molecule has 0 saturated heterocycles. The maximum absolute atomic E-state index is 13.1. The van der Waals surface area contributed by atoms with Gasteiger partial charge in [0.2, 0.25) is 0 Å². The van der Waals surface area contributed by atoms with E-state index in [9.17, 15) is 14.9 Å². The monoisotopic (exact) mass is 520 g/mol. The zero-order valence-corrected chi connectivity index (χ0v) is 19.9. The van der Waals surface area contributed by atoms with Crippen LogP contribution in [0.2, 0.25) is 0 Å². The smallest absolute Gasteiger partial charge is 0.282 e. The Hall–Kier alpha value is -3.85. The van der Waals surface area contributed by atoms with Crippen molar-refractivity contribution in [1.82, 2.24) is 9.66 Å². The molecule has 0 aliphatic carbocycles. The first-order valence-corrected chi connectivity index (χ1v) is 11.5. The molecular formula is C25H21BrN4O4. The minimum atomic E-state index is -0.435. The lowest BCUT2D eigenvalue weighted by Gasteiger charge is -2.09. The van der Waals surface area contributed by atoms with Gasteiger partial charge in [0.25, 0.3) is 11.2 Å². The molecule has 0 radical (unpaired) electrons. The number of rotatable bonds is 8. The van der Waals surface area contributed by atoms with Crippen LogP contribution in [0.1, 0.15) is 30.3 Å². The summed E-state index contributed by atoms with van der Waals surface area (Å²) in [4.78, 5) is 28.3. The topological polar surface area (TPSA) is 99.6 Å². The molecule has 3 aromatic carbocycles. The average molecular weight is 521 g/mol. The summed E-state index contributed by atoms with van der Waals surface area (Å²) >= 11 is 3.41. The lowest BCUT2D eigenvalue weighted by Crippen LogP contribution is -2.22. The van der Waals surface area contributed by atoms with Gasteiger partial charge in [0.15, 0.2) is 0 Å². The molecule has 1 heterocycles. The standard InChI is InChI=1S/C25H21BrN4O4/c1-2-5-24-28-23-11-10-19(26)14-22(23)25(31)29(24)27-15-17-6-4-9-21(13-17)34-16-18-7-3-8-20(12-18)30(32)33/h3-4,6-15H,2,5,16H2,1H3. The van der Waals surface area contributed by atoms with Crippen LogP contribution in [0.4, 0.5) is 5.69 Å². The van der Waals surface area contributed by atoms with Gasteiger partial charge in [0, 0.05) is 23.0 Å². The average Bonchev–Trinajstić information content (AvgIpc) is 2.84. The summed E-state index contributed by atoms with van der Waals surface area (Å²) in [5.74, 6) is 1.17. The van der Waals surface area contributed by atoms with Gasteiger partial charge >= 0.3 is 0 Å². The molecule has 4 aromatic rings. The fourth-order valence-corrected chi connectivity index (χ4v) is 3.80. The van der Waals surface area contributed by atoms with E-state index < -0.39 is 4.92 Å². The van der Waals surface area contributed by atoms with Crippen LogP contribution in [0.3, 0.4) is 0 Å². The normalized spacial score (nSPS) is 11.2. The third-order valence-electron chi connectivity index (χ3n) is 5.06. The molecule has 0 saturated carbocycles. The van der Waals surface area contributed by atoms with Crippen molar-refractivity contribution in [2.24, 2.45) is 5.10 Å². The highest BCUT2D eigenvalue weighted by Crippen LogP contribution is 2.18. The molecule has 0 unspecified atom stereocenters. The quantitative estimate of drug-likeness (QED) is 0.174. The molecule has 0 aliphatic rings. The Balaban J connectivity index is 1.58. The zero-order chi connectivity index (χ0) is 24.1. The van der Waals surface area contributed by atoms with Crippen molar-refractivity contribution >= 4 is 38.7 Å². The van der Waals surface area contributed by atoms with E-state index in [1.165, 1.54) is 16.8 Å². The number of hydrogen-bond acceptors (Lipinski definition) is 6. The van der Waals surface area contributed by atoms with Crippen LogP contribution in [0.15, 0.2) is 81.1 Å². The van der Waals surface area contributed by atoms with Crippen LogP contribution < -0.4 is 10.3 Å². The van der Waals surface area contributed by atoms with Crippen molar-refractivity contribution in [3.63, 3.8) is 0 Å². The molecule has 0 N–H and O–H groups in total. The molecule has 0 spiro atoms. The number of nitro benzene ring substituents is 1. The largest absolute Gasteiger partial charge is 0.489 e. The number of nitro groups is 1.